The summed E-state index contributed by atoms with van der Waals surface area (Å²) in [7, 11) is 1.55. The Balaban J connectivity index is 2.90. The van der Waals surface area contributed by atoms with Gasteiger partial charge in [0.2, 0.25) is 0 Å². The molecule has 5 nitrogen and oxygen atoms in total. The first-order valence-corrected chi connectivity index (χ1v) is 5.07. The van der Waals surface area contributed by atoms with Gasteiger partial charge in [0, 0.05) is 18.2 Å². The third kappa shape index (κ3) is 1.63. The molecule has 1 aliphatic rings. The molecular formula is C10H9ClN2O3. The van der Waals surface area contributed by atoms with Crippen LogP contribution in [0.1, 0.15) is 6.42 Å². The molecule has 0 amide bonds. The number of ether oxygens (including phenoxy) is 1. The highest BCUT2D eigenvalue weighted by Crippen LogP contribution is 2.18. The minimum absolute atomic E-state index is 0.102. The molecular weight excluding hydrogens is 232 g/mol. The summed E-state index contributed by atoms with van der Waals surface area (Å²) in [4.78, 5) is 14.5. The minimum Gasteiger partial charge on any atom is -0.500 e. The van der Waals surface area contributed by atoms with Gasteiger partial charge < -0.3 is 4.74 Å². The Labute approximate surface area is 96.2 Å². The van der Waals surface area contributed by atoms with Crippen LogP contribution < -0.4 is 10.6 Å². The molecule has 0 spiro atoms. The largest absolute Gasteiger partial charge is 0.500 e. The summed E-state index contributed by atoms with van der Waals surface area (Å²) in [6.45, 7) is 0.483. The minimum atomic E-state index is -0.511. The maximum atomic E-state index is 10.9. The Kier molecular flexibility index (Phi) is 2.78. The topological polar surface area (TPSA) is 64.7 Å². The predicted molar refractivity (Wildman–Crippen MR) is 58.8 cm³/mol. The van der Waals surface area contributed by atoms with E-state index >= 15 is 0 Å². The summed E-state index contributed by atoms with van der Waals surface area (Å²) in [5.74, 6) is 0.713. The quantitative estimate of drug-likeness (QED) is 0.573. The van der Waals surface area contributed by atoms with Crippen molar-refractivity contribution in [1.29, 1.82) is 0 Å². The third-order valence-electron chi connectivity index (χ3n) is 2.44. The van der Waals surface area contributed by atoms with Crippen molar-refractivity contribution < 1.29 is 9.66 Å². The van der Waals surface area contributed by atoms with E-state index < -0.39 is 4.92 Å². The fourth-order valence-corrected chi connectivity index (χ4v) is 1.95. The van der Waals surface area contributed by atoms with Gasteiger partial charge in [-0.25, -0.2) is 0 Å². The summed E-state index contributed by atoms with van der Waals surface area (Å²) in [6.07, 6.45) is 0.655. The molecule has 6 heteroatoms. The molecule has 1 aliphatic heterocycles. The number of fused-ring (bicyclic) bond motifs is 1. The van der Waals surface area contributed by atoms with Gasteiger partial charge in [-0.3, -0.25) is 15.1 Å². The van der Waals surface area contributed by atoms with Crippen molar-refractivity contribution >= 4 is 23.0 Å². The highest BCUT2D eigenvalue weighted by Gasteiger charge is 2.19. The van der Waals surface area contributed by atoms with E-state index in [-0.39, 0.29) is 10.7 Å². The van der Waals surface area contributed by atoms with Crippen molar-refractivity contribution in [2.24, 2.45) is 4.99 Å². The number of nitro groups is 1. The lowest BCUT2D eigenvalue weighted by Gasteiger charge is -2.09. The van der Waals surface area contributed by atoms with E-state index in [9.17, 15) is 10.1 Å². The lowest BCUT2D eigenvalue weighted by molar-refractivity contribution is -0.386. The maximum absolute atomic E-state index is 10.9. The highest BCUT2D eigenvalue weighted by atomic mass is 35.5. The fourth-order valence-electron chi connectivity index (χ4n) is 1.73. The molecule has 84 valence electrons. The van der Waals surface area contributed by atoms with Gasteiger partial charge in [-0.2, -0.15) is 0 Å². The van der Waals surface area contributed by atoms with E-state index in [1.807, 2.05) is 0 Å². The number of rotatable bonds is 2. The molecule has 0 fully saturated rings. The first kappa shape index (κ1) is 10.9. The predicted octanol–water partition coefficient (Wildman–Crippen LogP) is 1.03. The van der Waals surface area contributed by atoms with Crippen LogP contribution in [0.3, 0.4) is 0 Å². The summed E-state index contributed by atoms with van der Waals surface area (Å²) >= 11 is 5.80. The van der Waals surface area contributed by atoms with Gasteiger partial charge in [0.25, 0.3) is 0 Å². The molecule has 0 unspecified atom stereocenters. The second kappa shape index (κ2) is 4.09. The zero-order valence-corrected chi connectivity index (χ0v) is 9.32. The van der Waals surface area contributed by atoms with Crippen LogP contribution in [0.15, 0.2) is 17.1 Å². The van der Waals surface area contributed by atoms with Crippen LogP contribution in [0.2, 0.25) is 5.02 Å². The zero-order valence-electron chi connectivity index (χ0n) is 8.57. The molecule has 0 aliphatic carbocycles. The number of hydrogen-bond donors (Lipinski definition) is 0. The summed E-state index contributed by atoms with van der Waals surface area (Å²) in [6, 6.07) is 3.20. The van der Waals surface area contributed by atoms with Crippen LogP contribution in [0, 0.1) is 10.1 Å². The number of hydrogen-bond acceptors (Lipinski definition) is 4. The Morgan fingerprint density at radius 1 is 1.56 bits per heavy atom. The Bertz CT molecular complexity index is 568. The highest BCUT2D eigenvalue weighted by molar-refractivity contribution is 6.32. The number of methoxy groups -OCH3 is 1. The van der Waals surface area contributed by atoms with Gasteiger partial charge in [0.1, 0.15) is 16.1 Å². The molecule has 2 rings (SSSR count). The molecule has 1 aromatic rings. The average Bonchev–Trinajstić information content (AvgIpc) is 2.27. The first-order valence-electron chi connectivity index (χ1n) is 4.69. The second-order valence-electron chi connectivity index (χ2n) is 3.31. The smallest absolute Gasteiger partial charge is 0.313 e. The van der Waals surface area contributed by atoms with E-state index in [2.05, 4.69) is 4.99 Å². The molecule has 0 atom stereocenters. The van der Waals surface area contributed by atoms with Gasteiger partial charge in [0.15, 0.2) is 0 Å². The Morgan fingerprint density at radius 2 is 2.31 bits per heavy atom. The molecule has 1 aromatic carbocycles. The fraction of sp³-hybridized carbons (Fsp3) is 0.300. The van der Waals surface area contributed by atoms with Crippen molar-refractivity contribution in [3.8, 4) is 0 Å². The van der Waals surface area contributed by atoms with Crippen molar-refractivity contribution in [1.82, 2.24) is 0 Å². The van der Waals surface area contributed by atoms with Crippen molar-refractivity contribution in [2.75, 3.05) is 13.7 Å². The zero-order chi connectivity index (χ0) is 11.7. The van der Waals surface area contributed by atoms with Crippen LogP contribution in [0.25, 0.3) is 5.76 Å². The third-order valence-corrected chi connectivity index (χ3v) is 2.75. The van der Waals surface area contributed by atoms with Gasteiger partial charge in [-0.05, 0) is 12.1 Å². The van der Waals surface area contributed by atoms with Gasteiger partial charge in [-0.15, -0.1) is 0 Å². The molecule has 0 saturated heterocycles. The van der Waals surface area contributed by atoms with E-state index in [0.29, 0.717) is 29.3 Å². The van der Waals surface area contributed by atoms with Crippen LogP contribution in [0.4, 0.5) is 5.69 Å². The van der Waals surface area contributed by atoms with Gasteiger partial charge >= 0.3 is 5.69 Å². The van der Waals surface area contributed by atoms with Crippen molar-refractivity contribution in [3.05, 3.63) is 37.8 Å². The molecule has 1 heterocycles. The average molecular weight is 241 g/mol. The van der Waals surface area contributed by atoms with Crippen LogP contribution >= 0.6 is 11.6 Å². The lowest BCUT2D eigenvalue weighted by Crippen LogP contribution is -2.33. The van der Waals surface area contributed by atoms with Crippen LogP contribution in [0.5, 0.6) is 0 Å². The number of nitro benzene ring substituents is 1. The molecule has 0 N–H and O–H groups in total. The molecule has 0 aromatic heterocycles. The van der Waals surface area contributed by atoms with Crippen LogP contribution in [-0.2, 0) is 4.74 Å². The van der Waals surface area contributed by atoms with E-state index in [1.165, 1.54) is 6.07 Å². The lowest BCUT2D eigenvalue weighted by atomic mass is 10.1. The molecule has 16 heavy (non-hydrogen) atoms. The Hall–Kier alpha value is -1.62. The van der Waals surface area contributed by atoms with Crippen LogP contribution in [-0.4, -0.2) is 18.6 Å². The summed E-state index contributed by atoms with van der Waals surface area (Å²) in [5, 5.41) is 12.0. The number of halogens is 1. The monoisotopic (exact) mass is 240 g/mol. The first-order chi connectivity index (χ1) is 7.65. The van der Waals surface area contributed by atoms with E-state index in [1.54, 1.807) is 13.2 Å². The summed E-state index contributed by atoms with van der Waals surface area (Å²) in [5.41, 5.74) is -0.145. The van der Waals surface area contributed by atoms with E-state index in [0.717, 1.165) is 0 Å². The van der Waals surface area contributed by atoms with E-state index in [4.69, 9.17) is 16.3 Å². The van der Waals surface area contributed by atoms with Crippen molar-refractivity contribution in [3.63, 3.8) is 0 Å². The Morgan fingerprint density at radius 3 is 2.94 bits per heavy atom. The SMILES string of the molecule is COC1=c2ccc(Cl)c([N+](=O)[O-])c2=NCC1. The summed E-state index contributed by atoms with van der Waals surface area (Å²) < 4.78 is 5.18. The van der Waals surface area contributed by atoms with Gasteiger partial charge in [0.05, 0.1) is 12.0 Å². The van der Waals surface area contributed by atoms with Gasteiger partial charge in [-0.1, -0.05) is 11.6 Å². The maximum Gasteiger partial charge on any atom is 0.313 e. The normalized spacial score (nSPS) is 14.0. The molecule has 0 bridgehead atoms. The van der Waals surface area contributed by atoms with Crippen molar-refractivity contribution in [2.45, 2.75) is 6.42 Å². The number of benzene rings is 1. The molecule has 0 saturated carbocycles. The molecule has 0 radical (unpaired) electrons. The number of nitrogens with zero attached hydrogens (tertiary/aromatic N) is 2. The standard InChI is InChI=1S/C10H9ClN2O3/c1-16-8-4-5-12-9-6(8)2-3-7(11)10(9)13(14)15/h2-3H,4-5H2,1H3. The second-order valence-corrected chi connectivity index (χ2v) is 3.72.